The van der Waals surface area contributed by atoms with Gasteiger partial charge >= 0.3 is 5.97 Å². The predicted molar refractivity (Wildman–Crippen MR) is 173 cm³/mol. The number of hydrogen-bond acceptors (Lipinski definition) is 6. The van der Waals surface area contributed by atoms with Gasteiger partial charge in [0.2, 0.25) is 5.91 Å². The summed E-state index contributed by atoms with van der Waals surface area (Å²) in [7, 11) is 1.69. The minimum absolute atomic E-state index is 0.0143. The highest BCUT2D eigenvalue weighted by atomic mass is 16.5. The van der Waals surface area contributed by atoms with Gasteiger partial charge in [-0.2, -0.15) is 0 Å². The quantitative estimate of drug-likeness (QED) is 0.247. The van der Waals surface area contributed by atoms with Crippen molar-refractivity contribution in [3.05, 3.63) is 59.7 Å². The molecule has 1 heterocycles. The molecule has 242 valence electrons. The van der Waals surface area contributed by atoms with Gasteiger partial charge in [-0.1, -0.05) is 45.0 Å². The molecule has 2 fully saturated rings. The normalized spacial score (nSPS) is 23.4. The highest BCUT2D eigenvalue weighted by molar-refractivity contribution is 5.81. The Kier molecular flexibility index (Phi) is 11.0. The zero-order valence-electron chi connectivity index (χ0n) is 27.9. The summed E-state index contributed by atoms with van der Waals surface area (Å²) in [6.07, 6.45) is 6.03. The molecule has 1 aliphatic heterocycles. The standard InChI is InChI=1S/C37H53NO6/c1-8-42-33(39)28-11-17-32(18-12-28)44-31-15-9-27(10-16-31)25-38(34(40)35(2,3)4)23-21-37(22-24-43-36(5,6)26-37)29-13-19-30(41-7)20-14-29/h9-10,13-16,19-20,28,32H,8,11-12,17-18,21-26H2,1-7H3/t28?,32?,37-/m1/s1. The van der Waals surface area contributed by atoms with Gasteiger partial charge in [0.25, 0.3) is 0 Å². The Balaban J connectivity index is 1.45. The van der Waals surface area contributed by atoms with Crippen LogP contribution in [-0.4, -0.2) is 55.3 Å². The Labute approximate surface area is 264 Å². The van der Waals surface area contributed by atoms with Crippen molar-refractivity contribution in [1.82, 2.24) is 4.90 Å². The van der Waals surface area contributed by atoms with Crippen molar-refractivity contribution in [1.29, 1.82) is 0 Å². The van der Waals surface area contributed by atoms with Crippen LogP contribution in [0.4, 0.5) is 0 Å². The van der Waals surface area contributed by atoms with E-state index in [1.807, 2.05) is 56.9 Å². The maximum absolute atomic E-state index is 13.8. The molecule has 0 unspecified atom stereocenters. The zero-order valence-corrected chi connectivity index (χ0v) is 27.9. The molecule has 2 aliphatic rings. The Morgan fingerprint density at radius 2 is 1.59 bits per heavy atom. The molecule has 0 radical (unpaired) electrons. The van der Waals surface area contributed by atoms with Crippen molar-refractivity contribution >= 4 is 11.9 Å². The molecule has 2 aromatic rings. The minimum atomic E-state index is -0.492. The Bertz CT molecular complexity index is 1220. The molecule has 44 heavy (non-hydrogen) atoms. The third-order valence-corrected chi connectivity index (χ3v) is 9.22. The molecule has 0 bridgehead atoms. The number of methoxy groups -OCH3 is 1. The summed E-state index contributed by atoms with van der Waals surface area (Å²) < 4.78 is 23.1. The van der Waals surface area contributed by atoms with Gasteiger partial charge in [0.05, 0.1) is 31.3 Å². The second kappa shape index (κ2) is 14.4. The largest absolute Gasteiger partial charge is 0.497 e. The van der Waals surface area contributed by atoms with Crippen LogP contribution in [-0.2, 0) is 31.0 Å². The first kappa shape index (κ1) is 33.8. The number of rotatable bonds is 11. The van der Waals surface area contributed by atoms with Crippen LogP contribution in [0, 0.1) is 11.3 Å². The lowest BCUT2D eigenvalue weighted by atomic mass is 9.67. The second-order valence-corrected chi connectivity index (χ2v) is 14.3. The van der Waals surface area contributed by atoms with E-state index in [9.17, 15) is 9.59 Å². The number of carbonyl (C=O) groups excluding carboxylic acids is 2. The Morgan fingerprint density at radius 3 is 2.16 bits per heavy atom. The van der Waals surface area contributed by atoms with E-state index >= 15 is 0 Å². The van der Waals surface area contributed by atoms with Crippen molar-refractivity contribution in [3.63, 3.8) is 0 Å². The molecule has 4 rings (SSSR count). The third-order valence-electron chi connectivity index (χ3n) is 9.22. The summed E-state index contributed by atoms with van der Waals surface area (Å²) in [5.41, 5.74) is 1.51. The van der Waals surface area contributed by atoms with Crippen LogP contribution in [0.25, 0.3) is 0 Å². The summed E-state index contributed by atoms with van der Waals surface area (Å²) in [5, 5.41) is 0. The molecule has 2 aromatic carbocycles. The average Bonchev–Trinajstić information content (AvgIpc) is 2.99. The summed E-state index contributed by atoms with van der Waals surface area (Å²) >= 11 is 0. The Hall–Kier alpha value is -3.06. The van der Waals surface area contributed by atoms with E-state index in [2.05, 4.69) is 38.1 Å². The molecule has 0 aromatic heterocycles. The molecule has 7 heteroatoms. The number of hydrogen-bond donors (Lipinski definition) is 0. The number of ether oxygens (including phenoxy) is 4. The molecule has 1 atom stereocenters. The van der Waals surface area contributed by atoms with E-state index in [1.54, 1.807) is 7.11 Å². The van der Waals surface area contributed by atoms with Crippen molar-refractivity contribution < 1.29 is 28.5 Å². The second-order valence-electron chi connectivity index (χ2n) is 14.3. The van der Waals surface area contributed by atoms with Gasteiger partial charge in [-0.05, 0) is 101 Å². The van der Waals surface area contributed by atoms with Gasteiger partial charge < -0.3 is 23.8 Å². The highest BCUT2D eigenvalue weighted by Gasteiger charge is 2.43. The topological polar surface area (TPSA) is 74.3 Å². The van der Waals surface area contributed by atoms with E-state index in [-0.39, 0.29) is 34.9 Å². The van der Waals surface area contributed by atoms with E-state index in [1.165, 1.54) is 5.56 Å². The van der Waals surface area contributed by atoms with Crippen molar-refractivity contribution in [2.24, 2.45) is 11.3 Å². The first-order valence-electron chi connectivity index (χ1n) is 16.3. The zero-order chi connectivity index (χ0) is 32.0. The number of nitrogens with zero attached hydrogens (tertiary/aromatic N) is 1. The highest BCUT2D eigenvalue weighted by Crippen LogP contribution is 2.45. The minimum Gasteiger partial charge on any atom is -0.497 e. The molecular formula is C37H53NO6. The fourth-order valence-corrected chi connectivity index (χ4v) is 6.86. The molecule has 1 amide bonds. The molecule has 1 saturated heterocycles. The fourth-order valence-electron chi connectivity index (χ4n) is 6.86. The van der Waals surface area contributed by atoms with Crippen molar-refractivity contribution in [3.8, 4) is 11.5 Å². The predicted octanol–water partition coefficient (Wildman–Crippen LogP) is 7.49. The van der Waals surface area contributed by atoms with Crippen LogP contribution in [0.15, 0.2) is 48.5 Å². The number of benzene rings is 2. The van der Waals surface area contributed by atoms with Crippen LogP contribution in [0.1, 0.15) is 97.6 Å². The van der Waals surface area contributed by atoms with Crippen LogP contribution in [0.5, 0.6) is 11.5 Å². The van der Waals surface area contributed by atoms with Gasteiger partial charge in [0.15, 0.2) is 0 Å². The van der Waals surface area contributed by atoms with Crippen LogP contribution >= 0.6 is 0 Å². The van der Waals surface area contributed by atoms with Crippen LogP contribution in [0.2, 0.25) is 0 Å². The summed E-state index contributed by atoms with van der Waals surface area (Å²) in [4.78, 5) is 27.9. The first-order chi connectivity index (χ1) is 20.8. The molecule has 7 nitrogen and oxygen atoms in total. The van der Waals surface area contributed by atoms with E-state index in [4.69, 9.17) is 18.9 Å². The lowest BCUT2D eigenvalue weighted by Gasteiger charge is -2.46. The summed E-state index contributed by atoms with van der Waals surface area (Å²) in [5.74, 6) is 1.72. The molecule has 1 saturated carbocycles. The SMILES string of the molecule is CCOC(=O)C1CCC(Oc2ccc(CN(CC[C@@]3(c4ccc(OC)cc4)CCOC(C)(C)C3)C(=O)C(C)(C)C)cc2)CC1. The van der Waals surface area contributed by atoms with Gasteiger partial charge in [-0.3, -0.25) is 9.59 Å². The summed E-state index contributed by atoms with van der Waals surface area (Å²) in [6.45, 7) is 14.5. The fraction of sp³-hybridized carbons (Fsp3) is 0.622. The van der Waals surface area contributed by atoms with Gasteiger partial charge in [0.1, 0.15) is 11.5 Å². The smallest absolute Gasteiger partial charge is 0.308 e. The van der Waals surface area contributed by atoms with Crippen LogP contribution < -0.4 is 9.47 Å². The van der Waals surface area contributed by atoms with E-state index in [0.29, 0.717) is 26.3 Å². The summed E-state index contributed by atoms with van der Waals surface area (Å²) in [6, 6.07) is 16.6. The number of esters is 1. The lowest BCUT2D eigenvalue weighted by Crippen LogP contribution is -2.47. The van der Waals surface area contributed by atoms with Gasteiger partial charge in [0, 0.05) is 30.5 Å². The van der Waals surface area contributed by atoms with Crippen LogP contribution in [0.3, 0.4) is 0 Å². The van der Waals surface area contributed by atoms with Crippen molar-refractivity contribution in [2.75, 3.05) is 26.9 Å². The molecular weight excluding hydrogens is 554 g/mol. The first-order valence-corrected chi connectivity index (χ1v) is 16.3. The number of amides is 1. The van der Waals surface area contributed by atoms with Gasteiger partial charge in [-0.15, -0.1) is 0 Å². The molecule has 0 N–H and O–H groups in total. The monoisotopic (exact) mass is 607 g/mol. The van der Waals surface area contributed by atoms with E-state index in [0.717, 1.165) is 62.0 Å². The number of carbonyl (C=O) groups is 2. The molecule has 0 spiro atoms. The Morgan fingerprint density at radius 1 is 0.955 bits per heavy atom. The third kappa shape index (κ3) is 8.77. The van der Waals surface area contributed by atoms with Crippen molar-refractivity contribution in [2.45, 2.75) is 110 Å². The average molecular weight is 608 g/mol. The lowest BCUT2D eigenvalue weighted by molar-refractivity contribution is -0.149. The van der Waals surface area contributed by atoms with Gasteiger partial charge in [-0.25, -0.2) is 0 Å². The van der Waals surface area contributed by atoms with E-state index < -0.39 is 5.41 Å². The maximum atomic E-state index is 13.8. The molecule has 1 aliphatic carbocycles. The maximum Gasteiger partial charge on any atom is 0.308 e.